The van der Waals surface area contributed by atoms with Crippen LogP contribution in [0.1, 0.15) is 114 Å². The summed E-state index contributed by atoms with van der Waals surface area (Å²) in [5.74, 6) is 2.37. The van der Waals surface area contributed by atoms with Crippen molar-refractivity contribution in [3.05, 3.63) is 100 Å². The largest absolute Gasteiger partial charge is 0.646 e. The standard InChI is InChI=1S/C37H48BClN2O2/c1-25(2)31-13-11-14-32(26(3)4)35(31)40-21-22-41(36-33(27(5)6)15-12-16-34(36)28(7)8)37(40)38-43-24-10-9-23-42-30-19-17-29(39)18-20-30/h11-22,25-28H,9-10,23-24H2,1-8H3. The van der Waals surface area contributed by atoms with Gasteiger partial charge in [0.05, 0.1) is 6.61 Å². The van der Waals surface area contributed by atoms with Crippen LogP contribution in [0.25, 0.3) is 11.4 Å². The average Bonchev–Trinajstić information content (AvgIpc) is 3.39. The van der Waals surface area contributed by atoms with Gasteiger partial charge in [0.15, 0.2) is 0 Å². The van der Waals surface area contributed by atoms with Crippen LogP contribution in [0.4, 0.5) is 0 Å². The zero-order chi connectivity index (χ0) is 31.1. The molecule has 2 radical (unpaired) electrons. The number of unbranched alkanes of at least 4 members (excludes halogenated alkanes) is 1. The Hall–Kier alpha value is -3.02. The predicted molar refractivity (Wildman–Crippen MR) is 181 cm³/mol. The molecule has 0 aliphatic heterocycles. The summed E-state index contributed by atoms with van der Waals surface area (Å²) in [6.07, 6.45) is 6.22. The molecule has 1 heterocycles. The number of imidazole rings is 1. The molecule has 43 heavy (non-hydrogen) atoms. The molecule has 0 spiro atoms. The quantitative estimate of drug-likeness (QED) is 0.0823. The SMILES string of the molecule is CC(C)c1cccc(C(C)C)c1-n1cc[n+](-c2c(C(C)C)cccc2C(C)C)c1[B-]OCCCCOc1ccc(Cl)cc1. The van der Waals surface area contributed by atoms with E-state index in [1.807, 2.05) is 31.7 Å². The van der Waals surface area contributed by atoms with E-state index in [2.05, 4.69) is 113 Å². The lowest BCUT2D eigenvalue weighted by atomic mass is 9.90. The minimum Gasteiger partial charge on any atom is -0.646 e. The Kier molecular flexibility index (Phi) is 11.6. The van der Waals surface area contributed by atoms with Crippen LogP contribution in [-0.2, 0) is 4.65 Å². The summed E-state index contributed by atoms with van der Waals surface area (Å²) in [5, 5.41) is 0.714. The first kappa shape index (κ1) is 32.9. The molecule has 0 aliphatic carbocycles. The Balaban J connectivity index is 1.68. The highest BCUT2D eigenvalue weighted by molar-refractivity contribution is 6.43. The van der Waals surface area contributed by atoms with Crippen molar-refractivity contribution in [2.75, 3.05) is 13.2 Å². The van der Waals surface area contributed by atoms with Gasteiger partial charge in [0.2, 0.25) is 0 Å². The number of ether oxygens (including phenoxy) is 1. The molecule has 0 atom stereocenters. The van der Waals surface area contributed by atoms with Crippen molar-refractivity contribution in [3.63, 3.8) is 0 Å². The molecule has 0 aliphatic rings. The third-order valence-corrected chi connectivity index (χ3v) is 8.20. The Morgan fingerprint density at radius 3 is 1.74 bits per heavy atom. The molecular weight excluding hydrogens is 551 g/mol. The van der Waals surface area contributed by atoms with E-state index < -0.39 is 0 Å². The molecule has 1 aromatic heterocycles. The lowest BCUT2D eigenvalue weighted by Gasteiger charge is -2.24. The zero-order valence-electron chi connectivity index (χ0n) is 27.2. The Morgan fingerprint density at radius 1 is 0.698 bits per heavy atom. The molecular formula is C37H48BClN2O2. The lowest BCUT2D eigenvalue weighted by Crippen LogP contribution is -2.53. The first-order chi connectivity index (χ1) is 20.6. The molecule has 0 saturated heterocycles. The second-order valence-corrected chi connectivity index (χ2v) is 13.0. The summed E-state index contributed by atoms with van der Waals surface area (Å²) in [6, 6.07) is 21.0. The molecule has 6 heteroatoms. The van der Waals surface area contributed by atoms with E-state index in [1.165, 1.54) is 33.6 Å². The molecule has 0 N–H and O–H groups in total. The van der Waals surface area contributed by atoms with Gasteiger partial charge in [-0.3, -0.25) is 0 Å². The first-order valence-corrected chi connectivity index (χ1v) is 16.2. The van der Waals surface area contributed by atoms with Crippen LogP contribution in [-0.4, -0.2) is 25.3 Å². The molecule has 4 rings (SSSR count). The topological polar surface area (TPSA) is 27.3 Å². The molecule has 4 aromatic rings. The second-order valence-electron chi connectivity index (χ2n) is 12.6. The van der Waals surface area contributed by atoms with E-state index in [1.54, 1.807) is 0 Å². The van der Waals surface area contributed by atoms with Crippen molar-refractivity contribution in [2.24, 2.45) is 0 Å². The minimum absolute atomic E-state index is 0.383. The number of hydrogen-bond acceptors (Lipinski definition) is 2. The Morgan fingerprint density at radius 2 is 1.21 bits per heavy atom. The fourth-order valence-electron chi connectivity index (χ4n) is 5.62. The van der Waals surface area contributed by atoms with Gasteiger partial charge in [-0.25, -0.2) is 9.13 Å². The smallest absolute Gasteiger partial charge is 0.135 e. The van der Waals surface area contributed by atoms with Crippen molar-refractivity contribution in [1.82, 2.24) is 4.57 Å². The fourth-order valence-corrected chi connectivity index (χ4v) is 5.74. The number of hydrogen-bond donors (Lipinski definition) is 0. The number of para-hydroxylation sites is 2. The van der Waals surface area contributed by atoms with E-state index >= 15 is 0 Å². The van der Waals surface area contributed by atoms with Gasteiger partial charge < -0.3 is 9.39 Å². The van der Waals surface area contributed by atoms with Crippen LogP contribution in [0.3, 0.4) is 0 Å². The monoisotopic (exact) mass is 598 g/mol. The highest BCUT2D eigenvalue weighted by Crippen LogP contribution is 2.32. The number of halogens is 1. The molecule has 0 fully saturated rings. The second kappa shape index (κ2) is 15.1. The summed E-state index contributed by atoms with van der Waals surface area (Å²) >= 11 is 5.99. The lowest BCUT2D eigenvalue weighted by molar-refractivity contribution is -0.577. The van der Waals surface area contributed by atoms with Crippen LogP contribution in [0.5, 0.6) is 5.75 Å². The summed E-state index contributed by atoms with van der Waals surface area (Å²) in [4.78, 5) is 0. The molecule has 0 bridgehead atoms. The third-order valence-electron chi connectivity index (χ3n) is 7.95. The van der Waals surface area contributed by atoms with Gasteiger partial charge >= 0.3 is 0 Å². The van der Waals surface area contributed by atoms with E-state index in [0.29, 0.717) is 41.9 Å². The Labute approximate surface area is 265 Å². The summed E-state index contributed by atoms with van der Waals surface area (Å²) in [6.45, 7) is 19.5. The highest BCUT2D eigenvalue weighted by Gasteiger charge is 2.25. The van der Waals surface area contributed by atoms with Crippen LogP contribution < -0.4 is 15.0 Å². The zero-order valence-corrected chi connectivity index (χ0v) is 28.0. The molecule has 228 valence electrons. The average molecular weight is 599 g/mol. The number of benzene rings is 3. The van der Waals surface area contributed by atoms with Crippen LogP contribution in [0.15, 0.2) is 73.1 Å². The van der Waals surface area contributed by atoms with E-state index in [-0.39, 0.29) is 0 Å². The first-order valence-electron chi connectivity index (χ1n) is 15.8. The van der Waals surface area contributed by atoms with E-state index in [0.717, 1.165) is 24.3 Å². The van der Waals surface area contributed by atoms with E-state index in [4.69, 9.17) is 21.0 Å². The normalized spacial score (nSPS) is 11.8. The van der Waals surface area contributed by atoms with Gasteiger partial charge in [0, 0.05) is 33.0 Å². The maximum Gasteiger partial charge on any atom is 0.135 e. The molecule has 0 saturated carbocycles. The summed E-state index contributed by atoms with van der Waals surface area (Å²) < 4.78 is 16.9. The Bertz CT molecular complexity index is 1340. The summed E-state index contributed by atoms with van der Waals surface area (Å²) in [7, 11) is 1.96. The molecule has 0 unspecified atom stereocenters. The van der Waals surface area contributed by atoms with Gasteiger partial charge in [-0.05, 0) is 74.9 Å². The predicted octanol–water partition coefficient (Wildman–Crippen LogP) is 9.02. The van der Waals surface area contributed by atoms with Crippen molar-refractivity contribution in [3.8, 4) is 17.1 Å². The van der Waals surface area contributed by atoms with Crippen LogP contribution >= 0.6 is 11.6 Å². The van der Waals surface area contributed by atoms with Gasteiger partial charge in [-0.1, -0.05) is 103 Å². The highest BCUT2D eigenvalue weighted by atomic mass is 35.5. The maximum absolute atomic E-state index is 6.33. The van der Waals surface area contributed by atoms with Gasteiger partial charge in [-0.2, -0.15) is 0 Å². The van der Waals surface area contributed by atoms with Gasteiger partial charge in [0.1, 0.15) is 29.5 Å². The van der Waals surface area contributed by atoms with Crippen molar-refractivity contribution >= 4 is 24.8 Å². The molecule has 3 aromatic carbocycles. The number of rotatable bonds is 14. The van der Waals surface area contributed by atoms with Crippen molar-refractivity contribution in [1.29, 1.82) is 0 Å². The van der Waals surface area contributed by atoms with Crippen LogP contribution in [0, 0.1) is 0 Å². The van der Waals surface area contributed by atoms with Crippen LogP contribution in [0.2, 0.25) is 5.02 Å². The van der Waals surface area contributed by atoms with Gasteiger partial charge in [0.25, 0.3) is 0 Å². The molecule has 0 amide bonds. The summed E-state index contributed by atoms with van der Waals surface area (Å²) in [5.41, 5.74) is 8.88. The molecule has 4 nitrogen and oxygen atoms in total. The fraction of sp³-hybridized carbons (Fsp3) is 0.432. The minimum atomic E-state index is 0.383. The number of nitrogens with zero attached hydrogens (tertiary/aromatic N) is 2. The van der Waals surface area contributed by atoms with Crippen molar-refractivity contribution < 1.29 is 14.0 Å². The van der Waals surface area contributed by atoms with Gasteiger partial charge in [-0.15, -0.1) is 0 Å². The third kappa shape index (κ3) is 7.93. The number of aromatic nitrogens is 2. The van der Waals surface area contributed by atoms with E-state index in [9.17, 15) is 0 Å². The maximum atomic E-state index is 6.33. The van der Waals surface area contributed by atoms with Crippen molar-refractivity contribution in [2.45, 2.75) is 91.9 Å².